The largest absolute Gasteiger partial charge is 0.493 e. The second-order valence-corrected chi connectivity index (χ2v) is 5.96. The molecule has 1 aliphatic carbocycles. The molecule has 134 valence electrons. The number of methoxy groups -OCH3 is 4. The van der Waals surface area contributed by atoms with E-state index in [1.54, 1.807) is 33.5 Å². The zero-order valence-corrected chi connectivity index (χ0v) is 15.1. The van der Waals surface area contributed by atoms with E-state index in [1.807, 2.05) is 12.1 Å². The first kappa shape index (κ1) is 16.3. The average Bonchev–Trinajstić information content (AvgIpc) is 2.86. The van der Waals surface area contributed by atoms with Gasteiger partial charge in [0, 0.05) is 28.1 Å². The van der Waals surface area contributed by atoms with E-state index in [2.05, 4.69) is 5.32 Å². The topological polar surface area (TPSA) is 66.0 Å². The van der Waals surface area contributed by atoms with E-state index in [1.165, 1.54) is 7.11 Å². The van der Waals surface area contributed by atoms with Gasteiger partial charge in [0.1, 0.15) is 0 Å². The molecule has 1 heterocycles. The molecule has 0 aromatic heterocycles. The molecule has 0 saturated heterocycles. The molecule has 0 bridgehead atoms. The molecule has 0 saturated carbocycles. The van der Waals surface area contributed by atoms with Crippen molar-refractivity contribution in [1.82, 2.24) is 5.32 Å². The molecule has 6 heteroatoms. The second kappa shape index (κ2) is 5.98. The average molecular weight is 353 g/mol. The van der Waals surface area contributed by atoms with Crippen LogP contribution in [0.5, 0.6) is 23.0 Å². The van der Waals surface area contributed by atoms with Gasteiger partial charge in [-0.3, -0.25) is 4.79 Å². The van der Waals surface area contributed by atoms with Crippen molar-refractivity contribution in [1.29, 1.82) is 0 Å². The Balaban J connectivity index is 2.24. The third kappa shape index (κ3) is 2.02. The van der Waals surface area contributed by atoms with E-state index in [-0.39, 0.29) is 5.43 Å². The molecule has 0 atom stereocenters. The SMILES string of the molecule is COc1c(OC)c2c3c(c1OC)=CCNC=3c1cc(=O)c(OC)ccc1-2. The molecular weight excluding hydrogens is 334 g/mol. The maximum Gasteiger partial charge on any atom is 0.221 e. The summed E-state index contributed by atoms with van der Waals surface area (Å²) in [7, 11) is 6.28. The first-order valence-corrected chi connectivity index (χ1v) is 8.19. The zero-order chi connectivity index (χ0) is 18.4. The Bertz CT molecular complexity index is 1100. The van der Waals surface area contributed by atoms with Crippen molar-refractivity contribution in [2.24, 2.45) is 0 Å². The van der Waals surface area contributed by atoms with E-state index in [4.69, 9.17) is 18.9 Å². The lowest BCUT2D eigenvalue weighted by Gasteiger charge is -2.18. The molecule has 1 N–H and O–H groups in total. The van der Waals surface area contributed by atoms with Crippen LogP contribution in [0.1, 0.15) is 5.56 Å². The van der Waals surface area contributed by atoms with Crippen LogP contribution in [0.15, 0.2) is 23.0 Å². The van der Waals surface area contributed by atoms with Crippen LogP contribution in [-0.2, 0) is 0 Å². The molecule has 2 aromatic carbocycles. The van der Waals surface area contributed by atoms with Gasteiger partial charge < -0.3 is 24.3 Å². The first-order chi connectivity index (χ1) is 12.7. The normalized spacial score (nSPS) is 13.2. The van der Waals surface area contributed by atoms with Gasteiger partial charge in [-0.25, -0.2) is 0 Å². The summed E-state index contributed by atoms with van der Waals surface area (Å²) in [6.07, 6.45) is 2.05. The number of nitrogens with one attached hydrogen (secondary N) is 1. The molecule has 4 rings (SSSR count). The molecule has 2 aliphatic rings. The van der Waals surface area contributed by atoms with Gasteiger partial charge in [-0.15, -0.1) is 0 Å². The fourth-order valence-corrected chi connectivity index (χ4v) is 3.77. The Labute approximate surface area is 150 Å². The van der Waals surface area contributed by atoms with E-state index in [0.717, 1.165) is 32.8 Å². The van der Waals surface area contributed by atoms with Crippen LogP contribution in [0.4, 0.5) is 0 Å². The molecule has 6 nitrogen and oxygen atoms in total. The molecule has 0 amide bonds. The maximum absolute atomic E-state index is 12.5. The summed E-state index contributed by atoms with van der Waals surface area (Å²) in [4.78, 5) is 12.5. The highest BCUT2D eigenvalue weighted by atomic mass is 16.5. The van der Waals surface area contributed by atoms with Crippen LogP contribution < -0.4 is 40.1 Å². The minimum absolute atomic E-state index is 0.176. The smallest absolute Gasteiger partial charge is 0.221 e. The predicted molar refractivity (Wildman–Crippen MR) is 98.6 cm³/mol. The molecule has 0 spiro atoms. The highest BCUT2D eigenvalue weighted by Crippen LogP contribution is 2.44. The van der Waals surface area contributed by atoms with Crippen LogP contribution in [0.2, 0.25) is 0 Å². The van der Waals surface area contributed by atoms with E-state index in [0.29, 0.717) is 29.5 Å². The minimum atomic E-state index is -0.176. The number of rotatable bonds is 4. The molecule has 0 radical (unpaired) electrons. The number of ether oxygens (including phenoxy) is 4. The van der Waals surface area contributed by atoms with Crippen molar-refractivity contribution < 1.29 is 18.9 Å². The maximum atomic E-state index is 12.5. The number of hydrogen-bond donors (Lipinski definition) is 1. The monoisotopic (exact) mass is 353 g/mol. The third-order valence-corrected chi connectivity index (χ3v) is 4.82. The van der Waals surface area contributed by atoms with Gasteiger partial charge >= 0.3 is 0 Å². The number of benzene rings is 1. The van der Waals surface area contributed by atoms with Crippen LogP contribution in [-0.4, -0.2) is 35.0 Å². The van der Waals surface area contributed by atoms with E-state index >= 15 is 0 Å². The van der Waals surface area contributed by atoms with Crippen LogP contribution >= 0.6 is 0 Å². The Morgan fingerprint density at radius 2 is 1.62 bits per heavy atom. The van der Waals surface area contributed by atoms with Crippen LogP contribution in [0.25, 0.3) is 22.9 Å². The Hall–Kier alpha value is -3.15. The van der Waals surface area contributed by atoms with Crippen molar-refractivity contribution >= 4 is 11.8 Å². The third-order valence-electron chi connectivity index (χ3n) is 4.82. The van der Waals surface area contributed by atoms with Gasteiger partial charge in [-0.05, 0) is 23.8 Å². The molecule has 1 aliphatic heterocycles. The van der Waals surface area contributed by atoms with Crippen molar-refractivity contribution in [2.45, 2.75) is 0 Å². The van der Waals surface area contributed by atoms with E-state index in [9.17, 15) is 4.79 Å². The van der Waals surface area contributed by atoms with Gasteiger partial charge in [0.15, 0.2) is 17.2 Å². The fourth-order valence-electron chi connectivity index (χ4n) is 3.77. The standard InChI is InChI=1S/C20H19NO5/c1-23-14-6-5-10-12(9-13(14)22)17-15-11(7-8-21-17)18(24-2)20(26-4)19(25-3)16(10)15/h5-7,9,21H,8H2,1-4H3. The molecule has 26 heavy (non-hydrogen) atoms. The second-order valence-electron chi connectivity index (χ2n) is 5.96. The molecule has 2 aromatic rings. The zero-order valence-electron chi connectivity index (χ0n) is 15.1. The Kier molecular flexibility index (Phi) is 3.76. The first-order valence-electron chi connectivity index (χ1n) is 8.19. The summed E-state index contributed by atoms with van der Waals surface area (Å²) in [5.41, 5.74) is 3.30. The quantitative estimate of drug-likeness (QED) is 0.869. The van der Waals surface area contributed by atoms with Gasteiger partial charge in [0.05, 0.1) is 34.1 Å². The van der Waals surface area contributed by atoms with E-state index < -0.39 is 0 Å². The minimum Gasteiger partial charge on any atom is -0.493 e. The van der Waals surface area contributed by atoms with Crippen LogP contribution in [0, 0.1) is 0 Å². The van der Waals surface area contributed by atoms with Crippen molar-refractivity contribution in [3.63, 3.8) is 0 Å². The summed E-state index contributed by atoms with van der Waals surface area (Å²) >= 11 is 0. The van der Waals surface area contributed by atoms with Gasteiger partial charge in [-0.2, -0.15) is 0 Å². The fraction of sp³-hybridized carbons (Fsp3) is 0.250. The molecule has 0 fully saturated rings. The number of fused-ring (bicyclic) bond motifs is 3. The highest BCUT2D eigenvalue weighted by molar-refractivity contribution is 5.94. The van der Waals surface area contributed by atoms with Crippen molar-refractivity contribution in [3.05, 3.63) is 44.4 Å². The lowest BCUT2D eigenvalue weighted by atomic mass is 10.0. The summed E-state index contributed by atoms with van der Waals surface area (Å²) < 4.78 is 22.1. The highest BCUT2D eigenvalue weighted by Gasteiger charge is 2.31. The van der Waals surface area contributed by atoms with Crippen molar-refractivity contribution in [2.75, 3.05) is 35.0 Å². The van der Waals surface area contributed by atoms with Gasteiger partial charge in [-0.1, -0.05) is 6.08 Å². The molecule has 0 unspecified atom stereocenters. The Morgan fingerprint density at radius 1 is 0.885 bits per heavy atom. The van der Waals surface area contributed by atoms with Gasteiger partial charge in [0.2, 0.25) is 11.2 Å². The van der Waals surface area contributed by atoms with Gasteiger partial charge in [0.25, 0.3) is 0 Å². The number of hydrogen-bond acceptors (Lipinski definition) is 6. The summed E-state index contributed by atoms with van der Waals surface area (Å²) in [6.45, 7) is 0.622. The lowest BCUT2D eigenvalue weighted by Crippen LogP contribution is -2.38. The summed E-state index contributed by atoms with van der Waals surface area (Å²) in [5.74, 6) is 2.03. The predicted octanol–water partition coefficient (Wildman–Crippen LogP) is 0.602. The molecular formula is C20H19NO5. The van der Waals surface area contributed by atoms with Crippen molar-refractivity contribution in [3.8, 4) is 34.1 Å². The Morgan fingerprint density at radius 3 is 2.27 bits per heavy atom. The lowest BCUT2D eigenvalue weighted by molar-refractivity contribution is 0.323. The summed E-state index contributed by atoms with van der Waals surface area (Å²) in [6, 6.07) is 5.17. The van der Waals surface area contributed by atoms with Crippen LogP contribution in [0.3, 0.4) is 0 Å². The summed E-state index contributed by atoms with van der Waals surface area (Å²) in [5, 5.41) is 5.28.